The first-order chi connectivity index (χ1) is 11.6. The maximum atomic E-state index is 12.6. The Labute approximate surface area is 145 Å². The van der Waals surface area contributed by atoms with Crippen molar-refractivity contribution in [3.63, 3.8) is 0 Å². The van der Waals surface area contributed by atoms with Gasteiger partial charge in [-0.1, -0.05) is 26.2 Å². The van der Waals surface area contributed by atoms with Gasteiger partial charge in [0.1, 0.15) is 5.82 Å². The Morgan fingerprint density at radius 3 is 2.75 bits per heavy atom. The van der Waals surface area contributed by atoms with E-state index in [4.69, 9.17) is 4.74 Å². The number of imidazole rings is 1. The molecule has 1 aliphatic heterocycles. The van der Waals surface area contributed by atoms with Gasteiger partial charge in [-0.05, 0) is 32.6 Å². The minimum Gasteiger partial charge on any atom is -0.381 e. The molecule has 2 aliphatic rings. The number of ether oxygens (including phenoxy) is 1. The second kappa shape index (κ2) is 7.68. The van der Waals surface area contributed by atoms with Crippen LogP contribution in [-0.4, -0.2) is 35.2 Å². The van der Waals surface area contributed by atoms with Gasteiger partial charge in [0.05, 0.1) is 0 Å². The number of carbonyl (C=O) groups is 1. The molecule has 0 atom stereocenters. The SMILES string of the molecule is Cc1cnc(C2CCOCC2)n1CCNC(=O)C1(C)CCCCC1. The van der Waals surface area contributed by atoms with Crippen LogP contribution in [0.1, 0.15) is 69.3 Å². The third-order valence-corrected chi connectivity index (χ3v) is 5.80. The number of nitrogens with zero attached hydrogens (tertiary/aromatic N) is 2. The highest BCUT2D eigenvalue weighted by Gasteiger charge is 2.34. The first kappa shape index (κ1) is 17.5. The van der Waals surface area contributed by atoms with Crippen LogP contribution in [0.2, 0.25) is 0 Å². The van der Waals surface area contributed by atoms with Gasteiger partial charge in [-0.15, -0.1) is 0 Å². The number of rotatable bonds is 5. The molecule has 0 aromatic carbocycles. The van der Waals surface area contributed by atoms with E-state index in [2.05, 4.69) is 28.7 Å². The largest absolute Gasteiger partial charge is 0.381 e. The summed E-state index contributed by atoms with van der Waals surface area (Å²) < 4.78 is 7.74. The van der Waals surface area contributed by atoms with Crippen LogP contribution in [0.3, 0.4) is 0 Å². The van der Waals surface area contributed by atoms with Crippen molar-refractivity contribution in [1.29, 1.82) is 0 Å². The zero-order valence-corrected chi connectivity index (χ0v) is 15.1. The lowest BCUT2D eigenvalue weighted by atomic mass is 9.75. The number of nitrogens with one attached hydrogen (secondary N) is 1. The molecule has 0 spiro atoms. The average Bonchev–Trinajstić information content (AvgIpc) is 2.97. The minimum atomic E-state index is -0.161. The maximum absolute atomic E-state index is 12.6. The summed E-state index contributed by atoms with van der Waals surface area (Å²) in [6.07, 6.45) is 9.71. The van der Waals surface area contributed by atoms with Crippen LogP contribution in [0.15, 0.2) is 6.20 Å². The number of carbonyl (C=O) groups excluding carboxylic acids is 1. The van der Waals surface area contributed by atoms with Crippen molar-refractivity contribution in [2.45, 2.75) is 71.3 Å². The topological polar surface area (TPSA) is 56.1 Å². The Hall–Kier alpha value is -1.36. The number of hydrogen-bond donors (Lipinski definition) is 1. The smallest absolute Gasteiger partial charge is 0.225 e. The lowest BCUT2D eigenvalue weighted by molar-refractivity contribution is -0.131. The van der Waals surface area contributed by atoms with Crippen LogP contribution < -0.4 is 5.32 Å². The van der Waals surface area contributed by atoms with Crippen molar-refractivity contribution in [2.75, 3.05) is 19.8 Å². The van der Waals surface area contributed by atoms with Crippen LogP contribution in [0.25, 0.3) is 0 Å². The number of aryl methyl sites for hydroxylation is 1. The maximum Gasteiger partial charge on any atom is 0.225 e. The zero-order chi connectivity index (χ0) is 17.0. The van der Waals surface area contributed by atoms with E-state index in [-0.39, 0.29) is 11.3 Å². The minimum absolute atomic E-state index is 0.161. The highest BCUT2D eigenvalue weighted by molar-refractivity contribution is 5.82. The van der Waals surface area contributed by atoms with E-state index in [0.717, 1.165) is 51.3 Å². The Morgan fingerprint density at radius 1 is 1.33 bits per heavy atom. The molecule has 1 N–H and O–H groups in total. The second-order valence-electron chi connectivity index (χ2n) is 7.67. The molecule has 3 rings (SSSR count). The van der Waals surface area contributed by atoms with E-state index in [0.29, 0.717) is 12.5 Å². The first-order valence-corrected chi connectivity index (χ1v) is 9.48. The lowest BCUT2D eigenvalue weighted by Crippen LogP contribution is -2.41. The molecule has 1 aromatic heterocycles. The molecule has 1 saturated carbocycles. The molecule has 5 nitrogen and oxygen atoms in total. The van der Waals surface area contributed by atoms with Gasteiger partial charge in [0.15, 0.2) is 0 Å². The highest BCUT2D eigenvalue weighted by Crippen LogP contribution is 2.35. The fourth-order valence-electron chi connectivity index (χ4n) is 4.11. The van der Waals surface area contributed by atoms with Crippen molar-refractivity contribution in [2.24, 2.45) is 5.41 Å². The van der Waals surface area contributed by atoms with Crippen LogP contribution in [0.5, 0.6) is 0 Å². The van der Waals surface area contributed by atoms with Gasteiger partial charge in [0.2, 0.25) is 5.91 Å². The molecule has 0 radical (unpaired) electrons. The lowest BCUT2D eigenvalue weighted by Gasteiger charge is -2.32. The van der Waals surface area contributed by atoms with E-state index in [9.17, 15) is 4.79 Å². The van der Waals surface area contributed by atoms with E-state index in [1.807, 2.05) is 6.20 Å². The molecule has 1 aromatic rings. The molecule has 24 heavy (non-hydrogen) atoms. The van der Waals surface area contributed by atoms with E-state index in [1.165, 1.54) is 25.0 Å². The summed E-state index contributed by atoms with van der Waals surface area (Å²) in [5.41, 5.74) is 1.01. The predicted molar refractivity (Wildman–Crippen MR) is 94.0 cm³/mol. The van der Waals surface area contributed by atoms with Gasteiger partial charge >= 0.3 is 0 Å². The monoisotopic (exact) mass is 333 g/mol. The van der Waals surface area contributed by atoms with Gasteiger partial charge in [0.25, 0.3) is 0 Å². The van der Waals surface area contributed by atoms with E-state index >= 15 is 0 Å². The van der Waals surface area contributed by atoms with Gasteiger partial charge in [-0.3, -0.25) is 4.79 Å². The number of hydrogen-bond acceptors (Lipinski definition) is 3. The number of amides is 1. The predicted octanol–water partition coefficient (Wildman–Crippen LogP) is 3.17. The molecular weight excluding hydrogens is 302 g/mol. The van der Waals surface area contributed by atoms with Crippen LogP contribution in [0.4, 0.5) is 0 Å². The summed E-state index contributed by atoms with van der Waals surface area (Å²) in [7, 11) is 0. The fraction of sp³-hybridized carbons (Fsp3) is 0.789. The summed E-state index contributed by atoms with van der Waals surface area (Å²) in [6.45, 7) is 7.36. The quantitative estimate of drug-likeness (QED) is 0.900. The average molecular weight is 333 g/mol. The Balaban J connectivity index is 1.56. The second-order valence-corrected chi connectivity index (χ2v) is 7.67. The molecule has 2 fully saturated rings. The van der Waals surface area contributed by atoms with Crippen LogP contribution in [0, 0.1) is 12.3 Å². The van der Waals surface area contributed by atoms with Crippen molar-refractivity contribution in [1.82, 2.24) is 14.9 Å². The van der Waals surface area contributed by atoms with Crippen LogP contribution in [-0.2, 0) is 16.1 Å². The number of aromatic nitrogens is 2. The molecule has 0 bridgehead atoms. The van der Waals surface area contributed by atoms with Crippen molar-refractivity contribution in [3.05, 3.63) is 17.7 Å². The van der Waals surface area contributed by atoms with Crippen molar-refractivity contribution < 1.29 is 9.53 Å². The summed E-state index contributed by atoms with van der Waals surface area (Å²) in [4.78, 5) is 17.2. The molecule has 2 heterocycles. The summed E-state index contributed by atoms with van der Waals surface area (Å²) in [5.74, 6) is 1.88. The van der Waals surface area contributed by atoms with Gasteiger partial charge in [-0.2, -0.15) is 0 Å². The van der Waals surface area contributed by atoms with Crippen molar-refractivity contribution in [3.8, 4) is 0 Å². The summed E-state index contributed by atoms with van der Waals surface area (Å²) in [5, 5.41) is 3.18. The molecule has 0 unspecified atom stereocenters. The van der Waals surface area contributed by atoms with Crippen LogP contribution >= 0.6 is 0 Å². The van der Waals surface area contributed by atoms with Gasteiger partial charge in [-0.25, -0.2) is 4.98 Å². The zero-order valence-electron chi connectivity index (χ0n) is 15.1. The normalized spacial score (nSPS) is 21.6. The highest BCUT2D eigenvalue weighted by atomic mass is 16.5. The Bertz CT molecular complexity index is 555. The molecule has 134 valence electrons. The van der Waals surface area contributed by atoms with E-state index < -0.39 is 0 Å². The van der Waals surface area contributed by atoms with Gasteiger partial charge in [0, 0.05) is 49.5 Å². The first-order valence-electron chi connectivity index (χ1n) is 9.48. The molecular formula is C19H31N3O2. The molecule has 1 aliphatic carbocycles. The Kier molecular flexibility index (Phi) is 5.59. The third-order valence-electron chi connectivity index (χ3n) is 5.80. The third kappa shape index (κ3) is 3.82. The standard InChI is InChI=1S/C19H31N3O2/c1-15-14-21-17(16-6-12-24-13-7-16)22(15)11-10-20-18(23)19(2)8-4-3-5-9-19/h14,16H,3-13H2,1-2H3,(H,20,23). The summed E-state index contributed by atoms with van der Waals surface area (Å²) >= 11 is 0. The van der Waals surface area contributed by atoms with Gasteiger partial charge < -0.3 is 14.6 Å². The summed E-state index contributed by atoms with van der Waals surface area (Å²) in [6, 6.07) is 0. The molecule has 5 heteroatoms. The molecule has 1 amide bonds. The molecule has 1 saturated heterocycles. The fourth-order valence-corrected chi connectivity index (χ4v) is 4.11. The van der Waals surface area contributed by atoms with Crippen molar-refractivity contribution >= 4 is 5.91 Å². The Morgan fingerprint density at radius 2 is 2.04 bits per heavy atom. The van der Waals surface area contributed by atoms with E-state index in [1.54, 1.807) is 0 Å².